The van der Waals surface area contributed by atoms with E-state index >= 15 is 0 Å². The number of aromatic nitrogens is 2. The highest BCUT2D eigenvalue weighted by Gasteiger charge is 2.16. The number of carbonyl (C=O) groups is 1. The molecule has 0 bridgehead atoms. The van der Waals surface area contributed by atoms with Crippen molar-refractivity contribution in [2.24, 2.45) is 0 Å². The molecule has 0 fully saturated rings. The van der Waals surface area contributed by atoms with Crippen LogP contribution in [0.25, 0.3) is 16.8 Å². The third-order valence-corrected chi connectivity index (χ3v) is 4.79. The summed E-state index contributed by atoms with van der Waals surface area (Å²) in [5, 5.41) is 2.92. The Hall–Kier alpha value is -3.60. The minimum absolute atomic E-state index is 0.151. The number of benzene rings is 2. The number of carbonyl (C=O) groups excluding carboxylic acids is 1. The highest BCUT2D eigenvalue weighted by atomic mass is 16.5. The molecule has 29 heavy (non-hydrogen) atoms. The monoisotopic (exact) mass is 385 g/mol. The number of nitrogens with zero attached hydrogens (tertiary/aromatic N) is 2. The van der Waals surface area contributed by atoms with Gasteiger partial charge in [0.1, 0.15) is 23.7 Å². The van der Waals surface area contributed by atoms with E-state index in [2.05, 4.69) is 22.4 Å². The van der Waals surface area contributed by atoms with E-state index in [4.69, 9.17) is 4.74 Å². The predicted molar refractivity (Wildman–Crippen MR) is 114 cm³/mol. The van der Waals surface area contributed by atoms with E-state index < -0.39 is 0 Å². The normalized spacial score (nSPS) is 10.8. The second-order valence-corrected chi connectivity index (χ2v) is 6.97. The van der Waals surface area contributed by atoms with Gasteiger partial charge in [-0.3, -0.25) is 9.20 Å². The average molecular weight is 385 g/mol. The Morgan fingerprint density at radius 1 is 1.00 bits per heavy atom. The molecule has 4 rings (SSSR count). The molecule has 2 aromatic carbocycles. The lowest BCUT2D eigenvalue weighted by Gasteiger charge is -2.09. The maximum absolute atomic E-state index is 12.6. The maximum Gasteiger partial charge on any atom is 0.270 e. The number of fused-ring (bicyclic) bond motifs is 1. The maximum atomic E-state index is 12.6. The molecule has 0 aliphatic heterocycles. The van der Waals surface area contributed by atoms with Gasteiger partial charge >= 0.3 is 0 Å². The first kappa shape index (κ1) is 18.7. The fraction of sp³-hybridized carbons (Fsp3) is 0.167. The Labute approximate surface area is 170 Å². The summed E-state index contributed by atoms with van der Waals surface area (Å²) < 4.78 is 7.58. The van der Waals surface area contributed by atoms with E-state index in [0.29, 0.717) is 24.5 Å². The molecule has 1 N–H and O–H groups in total. The molecule has 0 unspecified atom stereocenters. The molecule has 2 heterocycles. The van der Waals surface area contributed by atoms with Crippen LogP contribution < -0.4 is 10.1 Å². The van der Waals surface area contributed by atoms with Crippen LogP contribution in [0.4, 0.5) is 0 Å². The summed E-state index contributed by atoms with van der Waals surface area (Å²) in [6.45, 7) is 4.67. The van der Waals surface area contributed by atoms with Crippen molar-refractivity contribution in [3.05, 3.63) is 89.9 Å². The van der Waals surface area contributed by atoms with Gasteiger partial charge in [-0.1, -0.05) is 42.5 Å². The fourth-order valence-corrected chi connectivity index (χ4v) is 3.33. The molecule has 5 nitrogen and oxygen atoms in total. The Balaban J connectivity index is 1.33. The van der Waals surface area contributed by atoms with Crippen LogP contribution in [-0.2, 0) is 0 Å². The van der Waals surface area contributed by atoms with Crippen molar-refractivity contribution in [2.45, 2.75) is 13.8 Å². The van der Waals surface area contributed by atoms with E-state index in [0.717, 1.165) is 22.5 Å². The second kappa shape index (κ2) is 8.19. The lowest BCUT2D eigenvalue weighted by atomic mass is 10.1. The zero-order chi connectivity index (χ0) is 20.2. The number of nitrogens with one attached hydrogen (secondary N) is 1. The standard InChI is InChI=1S/C24H23N3O2/c1-17-12-14-27-22(16-17)26-18(2)23(27)24(28)25-13-15-29-21-10-8-20(9-11-21)19-6-4-3-5-7-19/h3-12,14,16H,13,15H2,1-2H3,(H,25,28). The third-order valence-electron chi connectivity index (χ3n) is 4.79. The van der Waals surface area contributed by atoms with Crippen molar-refractivity contribution < 1.29 is 9.53 Å². The van der Waals surface area contributed by atoms with E-state index in [-0.39, 0.29) is 5.91 Å². The van der Waals surface area contributed by atoms with E-state index in [1.807, 2.05) is 79.0 Å². The van der Waals surface area contributed by atoms with Crippen LogP contribution >= 0.6 is 0 Å². The molecule has 4 aromatic rings. The van der Waals surface area contributed by atoms with Gasteiger partial charge in [0.25, 0.3) is 5.91 Å². The number of hydrogen-bond acceptors (Lipinski definition) is 3. The lowest BCUT2D eigenvalue weighted by molar-refractivity contribution is 0.0940. The predicted octanol–water partition coefficient (Wildman–Crippen LogP) is 4.43. The first-order chi connectivity index (χ1) is 14.1. The molecule has 0 saturated heterocycles. The number of amides is 1. The lowest BCUT2D eigenvalue weighted by Crippen LogP contribution is -2.29. The molecular formula is C24H23N3O2. The van der Waals surface area contributed by atoms with Gasteiger partial charge in [0, 0.05) is 6.20 Å². The van der Waals surface area contributed by atoms with Gasteiger partial charge in [0.2, 0.25) is 0 Å². The molecule has 0 radical (unpaired) electrons. The van der Waals surface area contributed by atoms with Crippen molar-refractivity contribution in [2.75, 3.05) is 13.2 Å². The Morgan fingerprint density at radius 3 is 2.48 bits per heavy atom. The molecule has 0 aliphatic rings. The Kier molecular flexibility index (Phi) is 5.29. The van der Waals surface area contributed by atoms with Crippen molar-refractivity contribution >= 4 is 11.6 Å². The van der Waals surface area contributed by atoms with Crippen molar-refractivity contribution in [3.8, 4) is 16.9 Å². The molecule has 0 spiro atoms. The first-order valence-corrected chi connectivity index (χ1v) is 9.63. The highest BCUT2D eigenvalue weighted by molar-refractivity contribution is 5.94. The van der Waals surface area contributed by atoms with E-state index in [9.17, 15) is 4.79 Å². The van der Waals surface area contributed by atoms with E-state index in [1.54, 1.807) is 0 Å². The summed E-state index contributed by atoms with van der Waals surface area (Å²) in [6, 6.07) is 22.1. The molecule has 5 heteroatoms. The number of rotatable bonds is 6. The van der Waals surface area contributed by atoms with Crippen molar-refractivity contribution in [3.63, 3.8) is 0 Å². The SMILES string of the molecule is Cc1ccn2c(C(=O)NCCOc3ccc(-c4ccccc4)cc3)c(C)nc2c1. The molecule has 2 aromatic heterocycles. The van der Waals surface area contributed by atoms with Crippen LogP contribution in [-0.4, -0.2) is 28.4 Å². The van der Waals surface area contributed by atoms with Gasteiger partial charge in [0.05, 0.1) is 12.2 Å². The first-order valence-electron chi connectivity index (χ1n) is 9.63. The largest absolute Gasteiger partial charge is 0.492 e. The van der Waals surface area contributed by atoms with Gasteiger partial charge in [-0.15, -0.1) is 0 Å². The van der Waals surface area contributed by atoms with E-state index in [1.165, 1.54) is 5.56 Å². The second-order valence-electron chi connectivity index (χ2n) is 6.97. The van der Waals surface area contributed by atoms with Crippen LogP contribution in [0.15, 0.2) is 72.9 Å². The smallest absolute Gasteiger partial charge is 0.270 e. The van der Waals surface area contributed by atoms with Crippen LogP contribution in [0.1, 0.15) is 21.7 Å². The summed E-state index contributed by atoms with van der Waals surface area (Å²) in [5.74, 6) is 0.627. The average Bonchev–Trinajstić information content (AvgIpc) is 3.07. The number of pyridine rings is 1. The molecule has 0 aliphatic carbocycles. The van der Waals surface area contributed by atoms with Gasteiger partial charge < -0.3 is 10.1 Å². The third kappa shape index (κ3) is 4.14. The van der Waals surface area contributed by atoms with Gasteiger partial charge in [0.15, 0.2) is 0 Å². The quantitative estimate of drug-likeness (QED) is 0.500. The highest BCUT2D eigenvalue weighted by Crippen LogP contribution is 2.22. The number of hydrogen-bond donors (Lipinski definition) is 1. The Bertz CT molecular complexity index is 1130. The molecular weight excluding hydrogens is 362 g/mol. The molecule has 0 atom stereocenters. The van der Waals surface area contributed by atoms with Gasteiger partial charge in [-0.2, -0.15) is 0 Å². The summed E-state index contributed by atoms with van der Waals surface area (Å²) in [7, 11) is 0. The number of imidazole rings is 1. The summed E-state index contributed by atoms with van der Waals surface area (Å²) >= 11 is 0. The fourth-order valence-electron chi connectivity index (χ4n) is 3.33. The van der Waals surface area contributed by atoms with Crippen molar-refractivity contribution in [1.82, 2.24) is 14.7 Å². The number of aryl methyl sites for hydroxylation is 2. The topological polar surface area (TPSA) is 55.6 Å². The molecule has 0 saturated carbocycles. The minimum Gasteiger partial charge on any atom is -0.492 e. The Morgan fingerprint density at radius 2 is 1.72 bits per heavy atom. The molecule has 146 valence electrons. The number of ether oxygens (including phenoxy) is 1. The van der Waals surface area contributed by atoms with Crippen molar-refractivity contribution in [1.29, 1.82) is 0 Å². The molecule has 1 amide bonds. The van der Waals surface area contributed by atoms with Crippen LogP contribution in [0.3, 0.4) is 0 Å². The van der Waals surface area contributed by atoms with Gasteiger partial charge in [-0.05, 0) is 54.8 Å². The summed E-state index contributed by atoms with van der Waals surface area (Å²) in [6.07, 6.45) is 1.88. The summed E-state index contributed by atoms with van der Waals surface area (Å²) in [4.78, 5) is 17.1. The van der Waals surface area contributed by atoms with Gasteiger partial charge in [-0.25, -0.2) is 4.98 Å². The van der Waals surface area contributed by atoms with Crippen LogP contribution in [0.5, 0.6) is 5.75 Å². The minimum atomic E-state index is -0.151. The zero-order valence-corrected chi connectivity index (χ0v) is 16.6. The van der Waals surface area contributed by atoms with Crippen LogP contribution in [0, 0.1) is 13.8 Å². The summed E-state index contributed by atoms with van der Waals surface area (Å²) in [5.41, 5.74) is 5.48. The zero-order valence-electron chi connectivity index (χ0n) is 16.6. The van der Waals surface area contributed by atoms with Crippen LogP contribution in [0.2, 0.25) is 0 Å².